The minimum atomic E-state index is 0.738. The van der Waals surface area contributed by atoms with Crippen molar-refractivity contribution in [1.29, 1.82) is 0 Å². The van der Waals surface area contributed by atoms with Crippen molar-refractivity contribution < 1.29 is 4.74 Å². The van der Waals surface area contributed by atoms with E-state index >= 15 is 0 Å². The summed E-state index contributed by atoms with van der Waals surface area (Å²) in [5.74, 6) is 8.91. The normalized spacial score (nSPS) is 20.2. The summed E-state index contributed by atoms with van der Waals surface area (Å²) in [7, 11) is 0. The first-order chi connectivity index (χ1) is 12.8. The van der Waals surface area contributed by atoms with Crippen LogP contribution in [0.1, 0.15) is 70.8 Å². The highest BCUT2D eigenvalue weighted by Crippen LogP contribution is 2.31. The number of benzene rings is 1. The van der Waals surface area contributed by atoms with Crippen LogP contribution in [0.25, 0.3) is 6.08 Å². The Morgan fingerprint density at radius 2 is 1.69 bits per heavy atom. The predicted octanol–water partition coefficient (Wildman–Crippen LogP) is 7.04. The van der Waals surface area contributed by atoms with Gasteiger partial charge in [-0.1, -0.05) is 63.2 Å². The van der Waals surface area contributed by atoms with E-state index in [2.05, 4.69) is 43.9 Å². The van der Waals surface area contributed by atoms with Crippen LogP contribution in [-0.2, 0) is 0 Å². The third kappa shape index (κ3) is 7.96. The van der Waals surface area contributed by atoms with Crippen LogP contribution in [0.2, 0.25) is 0 Å². The van der Waals surface area contributed by atoms with E-state index in [0.29, 0.717) is 0 Å². The third-order valence-corrected chi connectivity index (χ3v) is 5.13. The van der Waals surface area contributed by atoms with Crippen LogP contribution in [-0.4, -0.2) is 6.61 Å². The standard InChI is InChI=1S/C25H34O/c1-3-5-21-26-25-19-17-24(18-20-25)12-9-7-6-8-11-23-15-13-22(10-4-2)14-16-23/h8-9,11-12,17-20,22-23H,3-5,10,13-16,21H2,1-2H3/t22-,23-. The molecule has 0 N–H and O–H groups in total. The predicted molar refractivity (Wildman–Crippen MR) is 113 cm³/mol. The summed E-state index contributed by atoms with van der Waals surface area (Å²) in [5.41, 5.74) is 1.15. The Morgan fingerprint density at radius 1 is 0.962 bits per heavy atom. The molecule has 140 valence electrons. The van der Waals surface area contributed by atoms with Gasteiger partial charge in [0, 0.05) is 0 Å². The highest BCUT2D eigenvalue weighted by molar-refractivity contribution is 5.54. The zero-order valence-corrected chi connectivity index (χ0v) is 16.5. The average molecular weight is 351 g/mol. The number of allylic oxidation sites excluding steroid dienone is 3. The first-order valence-corrected chi connectivity index (χ1v) is 10.4. The van der Waals surface area contributed by atoms with Gasteiger partial charge < -0.3 is 4.74 Å². The summed E-state index contributed by atoms with van der Waals surface area (Å²) in [4.78, 5) is 0. The van der Waals surface area contributed by atoms with E-state index in [4.69, 9.17) is 4.74 Å². The monoisotopic (exact) mass is 350 g/mol. The average Bonchev–Trinajstić information content (AvgIpc) is 2.67. The van der Waals surface area contributed by atoms with Gasteiger partial charge in [0.1, 0.15) is 5.75 Å². The molecular weight excluding hydrogens is 316 g/mol. The topological polar surface area (TPSA) is 9.23 Å². The molecule has 1 saturated carbocycles. The van der Waals surface area contributed by atoms with Gasteiger partial charge in [0.05, 0.1) is 6.61 Å². The molecule has 1 heteroatoms. The van der Waals surface area contributed by atoms with E-state index in [1.807, 2.05) is 30.4 Å². The molecule has 1 aliphatic carbocycles. The number of ether oxygens (including phenoxy) is 1. The second-order valence-electron chi connectivity index (χ2n) is 7.32. The molecule has 2 rings (SSSR count). The lowest BCUT2D eigenvalue weighted by atomic mass is 9.80. The van der Waals surface area contributed by atoms with Crippen LogP contribution in [0.5, 0.6) is 5.75 Å². The van der Waals surface area contributed by atoms with Crippen LogP contribution < -0.4 is 4.74 Å². The lowest BCUT2D eigenvalue weighted by Gasteiger charge is -2.26. The zero-order valence-electron chi connectivity index (χ0n) is 16.5. The van der Waals surface area contributed by atoms with Crippen LogP contribution >= 0.6 is 0 Å². The highest BCUT2D eigenvalue weighted by Gasteiger charge is 2.18. The molecule has 1 aliphatic rings. The van der Waals surface area contributed by atoms with Crippen LogP contribution in [0, 0.1) is 23.7 Å². The van der Waals surface area contributed by atoms with Gasteiger partial charge in [0.15, 0.2) is 0 Å². The van der Waals surface area contributed by atoms with E-state index in [1.54, 1.807) is 0 Å². The molecule has 1 fully saturated rings. The van der Waals surface area contributed by atoms with E-state index in [0.717, 1.165) is 42.6 Å². The van der Waals surface area contributed by atoms with Crippen molar-refractivity contribution in [2.75, 3.05) is 6.61 Å². The molecule has 0 bridgehead atoms. The van der Waals surface area contributed by atoms with Gasteiger partial charge in [-0.3, -0.25) is 0 Å². The Labute approximate surface area is 160 Å². The number of hydrogen-bond donors (Lipinski definition) is 0. The quantitative estimate of drug-likeness (QED) is 0.361. The van der Waals surface area contributed by atoms with Crippen molar-refractivity contribution in [3.63, 3.8) is 0 Å². The van der Waals surface area contributed by atoms with Crippen molar-refractivity contribution in [2.24, 2.45) is 11.8 Å². The molecule has 0 saturated heterocycles. The fraction of sp³-hybridized carbons (Fsp3) is 0.520. The van der Waals surface area contributed by atoms with Gasteiger partial charge >= 0.3 is 0 Å². The molecule has 0 aliphatic heterocycles. The Morgan fingerprint density at radius 3 is 2.38 bits per heavy atom. The van der Waals surface area contributed by atoms with E-state index in [-0.39, 0.29) is 0 Å². The van der Waals surface area contributed by atoms with Crippen molar-refractivity contribution in [3.05, 3.63) is 48.1 Å². The van der Waals surface area contributed by atoms with Gasteiger partial charge in [-0.2, -0.15) is 0 Å². The summed E-state index contributed by atoms with van der Waals surface area (Å²) >= 11 is 0. The number of hydrogen-bond acceptors (Lipinski definition) is 1. The maximum atomic E-state index is 5.68. The van der Waals surface area contributed by atoms with Crippen LogP contribution in [0.4, 0.5) is 0 Å². The van der Waals surface area contributed by atoms with Gasteiger partial charge in [0.2, 0.25) is 0 Å². The molecule has 1 aromatic carbocycles. The van der Waals surface area contributed by atoms with Crippen molar-refractivity contribution >= 4 is 6.08 Å². The summed E-state index contributed by atoms with van der Waals surface area (Å²) in [6.45, 7) is 5.26. The van der Waals surface area contributed by atoms with Gasteiger partial charge in [-0.05, 0) is 79.9 Å². The maximum absolute atomic E-state index is 5.68. The molecule has 1 nitrogen and oxygen atoms in total. The summed E-state index contributed by atoms with van der Waals surface area (Å²) in [6.07, 6.45) is 18.8. The second-order valence-corrected chi connectivity index (χ2v) is 7.32. The smallest absolute Gasteiger partial charge is 0.119 e. The fourth-order valence-electron chi connectivity index (χ4n) is 3.51. The lowest BCUT2D eigenvalue weighted by molar-refractivity contribution is 0.294. The Kier molecular flexibility index (Phi) is 9.73. The van der Waals surface area contributed by atoms with E-state index < -0.39 is 0 Å². The molecule has 0 heterocycles. The Hall–Kier alpha value is -1.94. The summed E-state index contributed by atoms with van der Waals surface area (Å²) in [5, 5.41) is 0. The summed E-state index contributed by atoms with van der Waals surface area (Å²) in [6, 6.07) is 8.20. The van der Waals surface area contributed by atoms with Gasteiger partial charge in [-0.25, -0.2) is 0 Å². The minimum absolute atomic E-state index is 0.738. The molecule has 1 aromatic rings. The van der Waals surface area contributed by atoms with Crippen molar-refractivity contribution in [3.8, 4) is 17.6 Å². The first-order valence-electron chi connectivity index (χ1n) is 10.4. The fourth-order valence-corrected chi connectivity index (χ4v) is 3.51. The molecular formula is C25H34O. The zero-order chi connectivity index (χ0) is 18.5. The van der Waals surface area contributed by atoms with Crippen LogP contribution in [0.3, 0.4) is 0 Å². The van der Waals surface area contributed by atoms with Crippen LogP contribution in [0.15, 0.2) is 42.5 Å². The molecule has 0 atom stereocenters. The largest absolute Gasteiger partial charge is 0.494 e. The third-order valence-electron chi connectivity index (χ3n) is 5.13. The SMILES string of the molecule is CCCCOc1ccc(C=CC#CC=C[C@H]2CC[C@H](CCC)CC2)cc1. The molecule has 0 spiro atoms. The molecule has 0 unspecified atom stereocenters. The van der Waals surface area contributed by atoms with Gasteiger partial charge in [0.25, 0.3) is 0 Å². The van der Waals surface area contributed by atoms with Gasteiger partial charge in [-0.15, -0.1) is 0 Å². The first kappa shape index (κ1) is 20.4. The van der Waals surface area contributed by atoms with Crippen molar-refractivity contribution in [2.45, 2.75) is 65.2 Å². The minimum Gasteiger partial charge on any atom is -0.494 e. The molecule has 0 aromatic heterocycles. The lowest BCUT2D eigenvalue weighted by Crippen LogP contribution is -2.12. The Bertz CT molecular complexity index is 604. The maximum Gasteiger partial charge on any atom is 0.119 e. The van der Waals surface area contributed by atoms with Crippen molar-refractivity contribution in [1.82, 2.24) is 0 Å². The second kappa shape index (κ2) is 12.4. The number of rotatable bonds is 8. The molecule has 0 amide bonds. The summed E-state index contributed by atoms with van der Waals surface area (Å²) < 4.78 is 5.68. The highest BCUT2D eigenvalue weighted by atomic mass is 16.5. The Balaban J connectivity index is 1.70. The molecule has 26 heavy (non-hydrogen) atoms. The van der Waals surface area contributed by atoms with E-state index in [9.17, 15) is 0 Å². The molecule has 0 radical (unpaired) electrons. The van der Waals surface area contributed by atoms with E-state index in [1.165, 1.54) is 38.5 Å². The number of unbranched alkanes of at least 4 members (excludes halogenated alkanes) is 1.